The number of allylic oxidation sites excluding steroid dienone is 2. The molecule has 1 N–H and O–H groups in total. The maximum absolute atomic E-state index is 12.3. The molecule has 0 bridgehead atoms. The minimum absolute atomic E-state index is 0.135. The molecule has 0 aliphatic heterocycles. The van der Waals surface area contributed by atoms with Gasteiger partial charge in [0.05, 0.1) is 5.56 Å². The highest BCUT2D eigenvalue weighted by molar-refractivity contribution is 5.79. The molecule has 0 saturated heterocycles. The number of rotatable bonds is 4. The van der Waals surface area contributed by atoms with Crippen LogP contribution in [0.4, 0.5) is 0 Å². The van der Waals surface area contributed by atoms with E-state index >= 15 is 0 Å². The van der Waals surface area contributed by atoms with Crippen LogP contribution in [0.25, 0.3) is 0 Å². The Balaban J connectivity index is 1.42. The van der Waals surface area contributed by atoms with E-state index in [2.05, 4.69) is 22.5 Å². The number of pyridine rings is 1. The van der Waals surface area contributed by atoms with Crippen LogP contribution in [0, 0.1) is 17.2 Å². The normalized spacial score (nSPS) is 26.4. The lowest BCUT2D eigenvalue weighted by Gasteiger charge is -2.30. The van der Waals surface area contributed by atoms with Gasteiger partial charge in [-0.25, -0.2) is 4.98 Å². The van der Waals surface area contributed by atoms with Crippen molar-refractivity contribution in [1.82, 2.24) is 10.3 Å². The molecular formula is C19H23N3O2. The van der Waals surface area contributed by atoms with Crippen LogP contribution in [0.3, 0.4) is 0 Å². The molecule has 1 fully saturated rings. The Morgan fingerprint density at radius 2 is 2.04 bits per heavy atom. The lowest BCUT2D eigenvalue weighted by molar-refractivity contribution is -0.126. The fourth-order valence-electron chi connectivity index (χ4n) is 3.36. The molecule has 1 saturated carbocycles. The number of nitriles is 1. The topological polar surface area (TPSA) is 75.0 Å². The molecule has 0 spiro atoms. The quantitative estimate of drug-likeness (QED) is 0.863. The van der Waals surface area contributed by atoms with E-state index in [9.17, 15) is 4.79 Å². The number of nitrogens with zero attached hydrogens (tertiary/aromatic N) is 2. The molecule has 1 heterocycles. The highest BCUT2D eigenvalue weighted by atomic mass is 16.5. The fourth-order valence-corrected chi connectivity index (χ4v) is 3.36. The van der Waals surface area contributed by atoms with E-state index < -0.39 is 0 Å². The lowest BCUT2D eigenvalue weighted by Crippen LogP contribution is -2.42. The zero-order valence-corrected chi connectivity index (χ0v) is 13.8. The summed E-state index contributed by atoms with van der Waals surface area (Å²) in [5.41, 5.74) is 0.534. The summed E-state index contributed by atoms with van der Waals surface area (Å²) in [7, 11) is 0. The Kier molecular flexibility index (Phi) is 5.47. The molecular weight excluding hydrogens is 302 g/mol. The van der Waals surface area contributed by atoms with E-state index in [-0.39, 0.29) is 24.0 Å². The zero-order valence-electron chi connectivity index (χ0n) is 13.8. The standard InChI is InChI=1S/C19H23N3O2/c20-12-14-6-11-18(21-13-14)24-17-9-7-16(8-10-17)22-19(23)15-4-2-1-3-5-15/h1-2,6,11,13,15-17H,3-5,7-10H2,(H,22,23). The predicted octanol–water partition coefficient (Wildman–Crippen LogP) is 3.12. The van der Waals surface area contributed by atoms with Crippen LogP contribution in [-0.2, 0) is 4.79 Å². The van der Waals surface area contributed by atoms with Gasteiger partial charge < -0.3 is 10.1 Å². The molecule has 1 aromatic rings. The lowest BCUT2D eigenvalue weighted by atomic mass is 9.90. The molecule has 3 rings (SSSR count). The molecule has 1 atom stereocenters. The molecule has 2 aliphatic rings. The molecule has 5 nitrogen and oxygen atoms in total. The monoisotopic (exact) mass is 325 g/mol. The highest BCUT2D eigenvalue weighted by Crippen LogP contribution is 2.24. The van der Waals surface area contributed by atoms with Crippen molar-refractivity contribution in [3.8, 4) is 11.9 Å². The van der Waals surface area contributed by atoms with Crippen molar-refractivity contribution in [3.63, 3.8) is 0 Å². The Hall–Kier alpha value is -2.35. The van der Waals surface area contributed by atoms with E-state index in [4.69, 9.17) is 10.00 Å². The maximum atomic E-state index is 12.3. The van der Waals surface area contributed by atoms with Crippen LogP contribution in [0.1, 0.15) is 50.5 Å². The molecule has 2 aliphatic carbocycles. The van der Waals surface area contributed by atoms with Gasteiger partial charge in [-0.3, -0.25) is 4.79 Å². The molecule has 5 heteroatoms. The smallest absolute Gasteiger partial charge is 0.223 e. The first kappa shape index (κ1) is 16.5. The maximum Gasteiger partial charge on any atom is 0.223 e. The van der Waals surface area contributed by atoms with Gasteiger partial charge in [0.15, 0.2) is 0 Å². The SMILES string of the molecule is N#Cc1ccc(OC2CCC(NC(=O)C3CC=CCC3)CC2)nc1. The summed E-state index contributed by atoms with van der Waals surface area (Å²) in [5, 5.41) is 12.0. The summed E-state index contributed by atoms with van der Waals surface area (Å²) in [6.07, 6.45) is 12.5. The minimum atomic E-state index is 0.135. The average Bonchev–Trinajstić information content (AvgIpc) is 2.65. The van der Waals surface area contributed by atoms with Crippen LogP contribution >= 0.6 is 0 Å². The van der Waals surface area contributed by atoms with Gasteiger partial charge in [-0.05, 0) is 51.0 Å². The van der Waals surface area contributed by atoms with Gasteiger partial charge in [-0.1, -0.05) is 12.2 Å². The third kappa shape index (κ3) is 4.35. The summed E-state index contributed by atoms with van der Waals surface area (Å²) in [5.74, 6) is 0.916. The molecule has 24 heavy (non-hydrogen) atoms. The van der Waals surface area contributed by atoms with Gasteiger partial charge in [0.1, 0.15) is 12.2 Å². The van der Waals surface area contributed by atoms with Crippen molar-refractivity contribution in [3.05, 3.63) is 36.0 Å². The zero-order chi connectivity index (χ0) is 16.8. The molecule has 0 aromatic carbocycles. The number of aromatic nitrogens is 1. The first-order valence-corrected chi connectivity index (χ1v) is 8.73. The van der Waals surface area contributed by atoms with E-state index in [0.717, 1.165) is 44.9 Å². The van der Waals surface area contributed by atoms with Gasteiger partial charge in [0.25, 0.3) is 0 Å². The molecule has 126 valence electrons. The first-order valence-electron chi connectivity index (χ1n) is 8.73. The number of nitrogens with one attached hydrogen (secondary N) is 1. The second-order valence-electron chi connectivity index (χ2n) is 6.58. The second kappa shape index (κ2) is 7.96. The highest BCUT2D eigenvalue weighted by Gasteiger charge is 2.26. The van der Waals surface area contributed by atoms with Crippen molar-refractivity contribution >= 4 is 5.91 Å². The van der Waals surface area contributed by atoms with Crippen molar-refractivity contribution in [2.75, 3.05) is 0 Å². The molecule has 0 radical (unpaired) electrons. The minimum Gasteiger partial charge on any atom is -0.474 e. The largest absolute Gasteiger partial charge is 0.474 e. The average molecular weight is 325 g/mol. The van der Waals surface area contributed by atoms with Gasteiger partial charge >= 0.3 is 0 Å². The summed E-state index contributed by atoms with van der Waals surface area (Å²) in [6, 6.07) is 5.76. The van der Waals surface area contributed by atoms with E-state index in [0.29, 0.717) is 11.4 Å². The number of hydrogen-bond acceptors (Lipinski definition) is 4. The van der Waals surface area contributed by atoms with E-state index in [1.807, 2.05) is 6.07 Å². The second-order valence-corrected chi connectivity index (χ2v) is 6.58. The summed E-state index contributed by atoms with van der Waals surface area (Å²) < 4.78 is 5.88. The third-order valence-electron chi connectivity index (χ3n) is 4.81. The van der Waals surface area contributed by atoms with Crippen LogP contribution in [0.5, 0.6) is 5.88 Å². The summed E-state index contributed by atoms with van der Waals surface area (Å²) in [4.78, 5) is 16.4. The Bertz CT molecular complexity index is 625. The van der Waals surface area contributed by atoms with Crippen LogP contribution in [-0.4, -0.2) is 23.0 Å². The number of hydrogen-bond donors (Lipinski definition) is 1. The number of carbonyl (C=O) groups is 1. The Morgan fingerprint density at radius 3 is 2.67 bits per heavy atom. The van der Waals surface area contributed by atoms with Crippen molar-refractivity contribution in [2.24, 2.45) is 5.92 Å². The molecule has 1 unspecified atom stereocenters. The van der Waals surface area contributed by atoms with Gasteiger partial charge in [-0.2, -0.15) is 5.26 Å². The molecule has 1 amide bonds. The third-order valence-corrected chi connectivity index (χ3v) is 4.81. The molecule has 1 aromatic heterocycles. The number of carbonyl (C=O) groups excluding carboxylic acids is 1. The van der Waals surface area contributed by atoms with Gasteiger partial charge in [0.2, 0.25) is 11.8 Å². The summed E-state index contributed by atoms with van der Waals surface area (Å²) >= 11 is 0. The number of ether oxygens (including phenoxy) is 1. The van der Waals surface area contributed by atoms with E-state index in [1.165, 1.54) is 6.20 Å². The van der Waals surface area contributed by atoms with Crippen LogP contribution in [0.2, 0.25) is 0 Å². The predicted molar refractivity (Wildman–Crippen MR) is 90.2 cm³/mol. The van der Waals surface area contributed by atoms with Gasteiger partial charge in [0, 0.05) is 24.2 Å². The van der Waals surface area contributed by atoms with Crippen LogP contribution in [0.15, 0.2) is 30.5 Å². The summed E-state index contributed by atoms with van der Waals surface area (Å²) in [6.45, 7) is 0. The van der Waals surface area contributed by atoms with Gasteiger partial charge in [-0.15, -0.1) is 0 Å². The first-order chi connectivity index (χ1) is 11.7. The Morgan fingerprint density at radius 1 is 1.21 bits per heavy atom. The Labute approximate surface area is 142 Å². The van der Waals surface area contributed by atoms with Crippen molar-refractivity contribution in [1.29, 1.82) is 5.26 Å². The fraction of sp³-hybridized carbons (Fsp3) is 0.526. The van der Waals surface area contributed by atoms with Crippen LogP contribution < -0.4 is 10.1 Å². The van der Waals surface area contributed by atoms with E-state index in [1.54, 1.807) is 12.1 Å². The number of amides is 1. The van der Waals surface area contributed by atoms with Crippen molar-refractivity contribution < 1.29 is 9.53 Å². The van der Waals surface area contributed by atoms with Crippen molar-refractivity contribution in [2.45, 2.75) is 57.1 Å².